The van der Waals surface area contributed by atoms with Crippen molar-refractivity contribution in [2.75, 3.05) is 34.5 Å². The molecule has 0 radical (unpaired) electrons. The average molecular weight is 350 g/mol. The van der Waals surface area contributed by atoms with Crippen molar-refractivity contribution in [3.8, 4) is 24.3 Å². The third-order valence-corrected chi connectivity index (χ3v) is 4.08. The van der Waals surface area contributed by atoms with Crippen LogP contribution in [0, 0.1) is 57.0 Å². The van der Waals surface area contributed by atoms with Gasteiger partial charge in [-0.3, -0.25) is 0 Å². The summed E-state index contributed by atoms with van der Waals surface area (Å²) in [6.07, 6.45) is 0. The number of fused-ring (bicyclic) bond motifs is 2. The minimum absolute atomic E-state index is 0.0420. The van der Waals surface area contributed by atoms with Crippen LogP contribution in [0.4, 0.5) is 31.5 Å². The summed E-state index contributed by atoms with van der Waals surface area (Å²) in [6, 6.07) is 6.66. The Hall–Kier alpha value is -4.28. The van der Waals surface area contributed by atoms with Gasteiger partial charge in [-0.25, -0.2) is 8.78 Å². The van der Waals surface area contributed by atoms with Gasteiger partial charge in [0, 0.05) is 14.1 Å². The minimum Gasteiger partial charge on any atom is -0.336 e. The molecule has 0 bridgehead atoms. The van der Waals surface area contributed by atoms with Gasteiger partial charge in [0.2, 0.25) is 0 Å². The summed E-state index contributed by atoms with van der Waals surface area (Å²) in [4.78, 5) is 2.32. The third kappa shape index (κ3) is 1.94. The second-order valence-electron chi connectivity index (χ2n) is 5.34. The van der Waals surface area contributed by atoms with E-state index in [-0.39, 0.29) is 45.5 Å². The predicted molar refractivity (Wildman–Crippen MR) is 86.9 cm³/mol. The molecule has 2 aliphatic heterocycles. The second kappa shape index (κ2) is 5.66. The van der Waals surface area contributed by atoms with Gasteiger partial charge >= 0.3 is 0 Å². The van der Waals surface area contributed by atoms with Gasteiger partial charge in [0.15, 0.2) is 22.8 Å². The number of nitrogens with zero attached hydrogens (tertiary/aromatic N) is 6. The lowest BCUT2D eigenvalue weighted by Gasteiger charge is -2.16. The number of nitrogens with one attached hydrogen (secondary N) is 2. The molecule has 2 aliphatic rings. The van der Waals surface area contributed by atoms with Crippen LogP contribution in [0.25, 0.3) is 0 Å². The summed E-state index contributed by atoms with van der Waals surface area (Å²) in [7, 11) is 2.76. The molecule has 0 atom stereocenters. The van der Waals surface area contributed by atoms with Gasteiger partial charge in [0.05, 0.1) is 0 Å². The SMILES string of the molecule is CN1C(=C(C#N)C#N)Nc2c(F)c3c(c(F)c21)NC(=C(C#N)C#N)N3C. The van der Waals surface area contributed by atoms with E-state index in [0.717, 1.165) is 9.80 Å². The van der Waals surface area contributed by atoms with Gasteiger partial charge in [0.25, 0.3) is 0 Å². The van der Waals surface area contributed by atoms with Crippen LogP contribution in [-0.4, -0.2) is 14.1 Å². The van der Waals surface area contributed by atoms with Crippen molar-refractivity contribution >= 4 is 22.7 Å². The summed E-state index contributed by atoms with van der Waals surface area (Å²) in [5.74, 6) is -1.79. The number of rotatable bonds is 0. The molecule has 10 heteroatoms. The lowest BCUT2D eigenvalue weighted by atomic mass is 10.2. The van der Waals surface area contributed by atoms with Gasteiger partial charge < -0.3 is 20.4 Å². The lowest BCUT2D eigenvalue weighted by Crippen LogP contribution is -2.18. The number of nitriles is 4. The van der Waals surface area contributed by atoms with Crippen molar-refractivity contribution in [1.29, 1.82) is 21.0 Å². The fourth-order valence-corrected chi connectivity index (χ4v) is 2.87. The molecule has 0 aliphatic carbocycles. The highest BCUT2D eigenvalue weighted by Crippen LogP contribution is 2.51. The van der Waals surface area contributed by atoms with Crippen molar-refractivity contribution in [3.05, 3.63) is 34.4 Å². The van der Waals surface area contributed by atoms with E-state index in [9.17, 15) is 0 Å². The molecule has 0 unspecified atom stereocenters. The maximum Gasteiger partial charge on any atom is 0.174 e. The van der Waals surface area contributed by atoms with Crippen molar-refractivity contribution < 1.29 is 8.78 Å². The van der Waals surface area contributed by atoms with Crippen LogP contribution >= 0.6 is 0 Å². The van der Waals surface area contributed by atoms with E-state index in [1.807, 2.05) is 0 Å². The smallest absolute Gasteiger partial charge is 0.174 e. The highest BCUT2D eigenvalue weighted by Gasteiger charge is 2.39. The number of hydrogen-bond acceptors (Lipinski definition) is 8. The predicted octanol–water partition coefficient (Wildman–Crippen LogP) is 2.21. The first-order valence-corrected chi connectivity index (χ1v) is 7.06. The number of allylic oxidation sites excluding steroid dienone is 2. The van der Waals surface area contributed by atoms with E-state index in [1.165, 1.54) is 14.1 Å². The Morgan fingerprint density at radius 1 is 0.731 bits per heavy atom. The zero-order valence-corrected chi connectivity index (χ0v) is 13.4. The first-order valence-electron chi connectivity index (χ1n) is 7.06. The van der Waals surface area contributed by atoms with E-state index in [0.29, 0.717) is 0 Å². The number of hydrogen-bond donors (Lipinski definition) is 2. The molecular formula is C16H8F2N8. The fraction of sp³-hybridized carbons (Fsp3) is 0.125. The van der Waals surface area contributed by atoms with Crippen LogP contribution in [0.15, 0.2) is 22.8 Å². The van der Waals surface area contributed by atoms with Crippen LogP contribution in [-0.2, 0) is 0 Å². The molecule has 1 aromatic rings. The van der Waals surface area contributed by atoms with Crippen LogP contribution < -0.4 is 20.4 Å². The maximum absolute atomic E-state index is 15.1. The van der Waals surface area contributed by atoms with Gasteiger partial charge in [-0.05, 0) is 0 Å². The Bertz CT molecular complexity index is 968. The molecule has 2 N–H and O–H groups in total. The summed E-state index contributed by atoms with van der Waals surface area (Å²) in [5.41, 5.74) is -1.55. The van der Waals surface area contributed by atoms with Crippen LogP contribution in [0.2, 0.25) is 0 Å². The van der Waals surface area contributed by atoms with Crippen LogP contribution in [0.5, 0.6) is 0 Å². The van der Waals surface area contributed by atoms with Crippen molar-refractivity contribution in [3.63, 3.8) is 0 Å². The normalized spacial score (nSPS) is 13.5. The highest BCUT2D eigenvalue weighted by molar-refractivity contribution is 5.96. The summed E-state index contributed by atoms with van der Waals surface area (Å²) >= 11 is 0. The highest BCUT2D eigenvalue weighted by atomic mass is 19.1. The maximum atomic E-state index is 15.1. The Kier molecular flexibility index (Phi) is 3.61. The molecule has 1 aromatic carbocycles. The Morgan fingerprint density at radius 3 is 1.31 bits per heavy atom. The van der Waals surface area contributed by atoms with Crippen molar-refractivity contribution in [2.45, 2.75) is 0 Å². The molecule has 0 saturated carbocycles. The molecule has 3 rings (SSSR count). The first-order chi connectivity index (χ1) is 12.4. The average Bonchev–Trinajstić information content (AvgIpc) is 3.15. The molecule has 2 heterocycles. The molecule has 0 spiro atoms. The van der Waals surface area contributed by atoms with Crippen molar-refractivity contribution in [2.24, 2.45) is 0 Å². The molecule has 126 valence electrons. The zero-order chi connectivity index (χ0) is 19.2. The molecule has 8 nitrogen and oxygen atoms in total. The largest absolute Gasteiger partial charge is 0.336 e. The Morgan fingerprint density at radius 2 is 1.04 bits per heavy atom. The van der Waals surface area contributed by atoms with E-state index in [4.69, 9.17) is 21.0 Å². The molecular weight excluding hydrogens is 342 g/mol. The topological polar surface area (TPSA) is 126 Å². The van der Waals surface area contributed by atoms with E-state index in [1.54, 1.807) is 24.3 Å². The number of benzene rings is 1. The standard InChI is InChI=1S/C16H8F2N8/c1-25-13-9(17)12-14(26(2)16(24-12)8(5-21)6-22)10(18)11(13)23-15(25)7(3-19)4-20/h23-24H,1-2H3. The first kappa shape index (κ1) is 16.6. The minimum atomic E-state index is -0.853. The third-order valence-electron chi connectivity index (χ3n) is 4.08. The molecule has 0 amide bonds. The summed E-state index contributed by atoms with van der Waals surface area (Å²) in [6.45, 7) is 0. The molecule has 0 fully saturated rings. The number of anilines is 4. The van der Waals surface area contributed by atoms with Crippen molar-refractivity contribution in [1.82, 2.24) is 0 Å². The summed E-state index contributed by atoms with van der Waals surface area (Å²) in [5, 5.41) is 41.2. The van der Waals surface area contributed by atoms with E-state index in [2.05, 4.69) is 10.6 Å². The quantitative estimate of drug-likeness (QED) is 0.682. The Balaban J connectivity index is 2.28. The van der Waals surface area contributed by atoms with Crippen LogP contribution in [0.3, 0.4) is 0 Å². The van der Waals surface area contributed by atoms with Gasteiger partial charge in [-0.1, -0.05) is 0 Å². The fourth-order valence-electron chi connectivity index (χ4n) is 2.87. The molecule has 26 heavy (non-hydrogen) atoms. The zero-order valence-electron chi connectivity index (χ0n) is 13.4. The summed E-state index contributed by atoms with van der Waals surface area (Å²) < 4.78 is 30.1. The lowest BCUT2D eigenvalue weighted by molar-refractivity contribution is 0.613. The Labute approximate surface area is 146 Å². The second-order valence-corrected chi connectivity index (χ2v) is 5.34. The van der Waals surface area contributed by atoms with Gasteiger partial charge in [-0.2, -0.15) is 21.0 Å². The molecule has 0 saturated heterocycles. The molecule has 0 aromatic heterocycles. The van der Waals surface area contributed by atoms with Crippen LogP contribution in [0.1, 0.15) is 0 Å². The monoisotopic (exact) mass is 350 g/mol. The number of halogens is 2. The van der Waals surface area contributed by atoms with Gasteiger partial charge in [-0.15, -0.1) is 0 Å². The van der Waals surface area contributed by atoms with E-state index >= 15 is 8.78 Å². The van der Waals surface area contributed by atoms with Gasteiger partial charge in [0.1, 0.15) is 58.7 Å². The van der Waals surface area contributed by atoms with E-state index < -0.39 is 11.6 Å².